The summed E-state index contributed by atoms with van der Waals surface area (Å²) >= 11 is 0. The number of rotatable bonds is 4. The van der Waals surface area contributed by atoms with E-state index in [9.17, 15) is 9.18 Å². The zero-order chi connectivity index (χ0) is 17.1. The zero-order valence-corrected chi connectivity index (χ0v) is 13.2. The number of carbonyl (C=O) groups is 1. The molecule has 0 saturated heterocycles. The van der Waals surface area contributed by atoms with E-state index in [1.54, 1.807) is 56.5 Å². The molecule has 6 nitrogen and oxygen atoms in total. The Morgan fingerprint density at radius 2 is 2.00 bits per heavy atom. The minimum Gasteiger partial charge on any atom is -0.497 e. The third-order valence-corrected chi connectivity index (χ3v) is 3.52. The number of methoxy groups -OCH3 is 1. The maximum Gasteiger partial charge on any atom is 0.278 e. The Morgan fingerprint density at radius 3 is 2.75 bits per heavy atom. The number of hydrogen-bond donors (Lipinski definition) is 1. The van der Waals surface area contributed by atoms with Gasteiger partial charge in [-0.3, -0.25) is 4.79 Å². The van der Waals surface area contributed by atoms with Crippen molar-refractivity contribution in [2.24, 2.45) is 0 Å². The topological polar surface area (TPSA) is 69.0 Å². The van der Waals surface area contributed by atoms with E-state index in [-0.39, 0.29) is 11.4 Å². The van der Waals surface area contributed by atoms with Gasteiger partial charge in [-0.15, -0.1) is 5.10 Å². The van der Waals surface area contributed by atoms with Crippen molar-refractivity contribution in [3.63, 3.8) is 0 Å². The van der Waals surface area contributed by atoms with Crippen LogP contribution in [0.25, 0.3) is 5.69 Å². The van der Waals surface area contributed by atoms with Gasteiger partial charge < -0.3 is 10.1 Å². The number of ether oxygens (including phenoxy) is 1. The van der Waals surface area contributed by atoms with E-state index in [4.69, 9.17) is 4.74 Å². The van der Waals surface area contributed by atoms with E-state index in [0.717, 1.165) is 0 Å². The minimum atomic E-state index is -0.440. The molecule has 0 atom stereocenters. The Bertz CT molecular complexity index is 892. The Hall–Kier alpha value is -3.22. The first kappa shape index (κ1) is 15.7. The summed E-state index contributed by atoms with van der Waals surface area (Å²) in [7, 11) is 1.55. The van der Waals surface area contributed by atoms with Gasteiger partial charge in [-0.05, 0) is 31.2 Å². The number of carbonyl (C=O) groups excluding carboxylic acids is 1. The SMILES string of the molecule is COc1cccc(NC(=O)c2nnn(-c3ccccc3F)c2C)c1. The monoisotopic (exact) mass is 326 g/mol. The predicted molar refractivity (Wildman–Crippen MR) is 87.0 cm³/mol. The number of halogens is 1. The Kier molecular flexibility index (Phi) is 4.24. The molecule has 24 heavy (non-hydrogen) atoms. The molecule has 0 aliphatic heterocycles. The van der Waals surface area contributed by atoms with Crippen LogP contribution in [0.15, 0.2) is 48.5 Å². The second-order valence-electron chi connectivity index (χ2n) is 5.07. The molecule has 0 saturated carbocycles. The van der Waals surface area contributed by atoms with E-state index >= 15 is 0 Å². The van der Waals surface area contributed by atoms with Gasteiger partial charge >= 0.3 is 0 Å². The second kappa shape index (κ2) is 6.49. The van der Waals surface area contributed by atoms with Crippen LogP contribution in [0.4, 0.5) is 10.1 Å². The first-order valence-corrected chi connectivity index (χ1v) is 7.23. The van der Waals surface area contributed by atoms with Crippen molar-refractivity contribution in [3.05, 3.63) is 65.7 Å². The fraction of sp³-hybridized carbons (Fsp3) is 0.118. The average molecular weight is 326 g/mol. The lowest BCUT2D eigenvalue weighted by Gasteiger charge is -2.07. The lowest BCUT2D eigenvalue weighted by atomic mass is 10.2. The molecule has 1 aromatic heterocycles. The molecule has 3 rings (SSSR count). The van der Waals surface area contributed by atoms with Crippen LogP contribution >= 0.6 is 0 Å². The Morgan fingerprint density at radius 1 is 1.21 bits per heavy atom. The van der Waals surface area contributed by atoms with Crippen LogP contribution in [-0.2, 0) is 0 Å². The quantitative estimate of drug-likeness (QED) is 0.800. The Balaban J connectivity index is 1.88. The molecule has 3 aromatic rings. The predicted octanol–water partition coefficient (Wildman–Crippen LogP) is 2.98. The zero-order valence-electron chi connectivity index (χ0n) is 13.2. The summed E-state index contributed by atoms with van der Waals surface area (Å²) < 4.78 is 20.3. The third kappa shape index (κ3) is 2.96. The van der Waals surface area contributed by atoms with Crippen LogP contribution in [0.3, 0.4) is 0 Å². The number of nitrogens with one attached hydrogen (secondary N) is 1. The van der Waals surface area contributed by atoms with Crippen molar-refractivity contribution >= 4 is 11.6 Å². The van der Waals surface area contributed by atoms with Gasteiger partial charge in [-0.2, -0.15) is 0 Å². The smallest absolute Gasteiger partial charge is 0.278 e. The molecule has 0 fully saturated rings. The van der Waals surface area contributed by atoms with Crippen LogP contribution in [0.5, 0.6) is 5.75 Å². The number of amides is 1. The van der Waals surface area contributed by atoms with E-state index in [1.807, 2.05) is 0 Å². The number of aromatic nitrogens is 3. The molecule has 1 amide bonds. The fourth-order valence-corrected chi connectivity index (χ4v) is 2.28. The molecule has 122 valence electrons. The molecular weight excluding hydrogens is 311 g/mol. The lowest BCUT2D eigenvalue weighted by molar-refractivity contribution is 0.102. The molecule has 0 unspecified atom stereocenters. The molecule has 0 spiro atoms. The lowest BCUT2D eigenvalue weighted by Crippen LogP contribution is -2.14. The molecule has 0 aliphatic rings. The van der Waals surface area contributed by atoms with Crippen molar-refractivity contribution in [2.75, 3.05) is 12.4 Å². The average Bonchev–Trinajstić information content (AvgIpc) is 2.97. The van der Waals surface area contributed by atoms with Crippen molar-refractivity contribution in [3.8, 4) is 11.4 Å². The van der Waals surface area contributed by atoms with Gasteiger partial charge in [-0.25, -0.2) is 9.07 Å². The summed E-state index contributed by atoms with van der Waals surface area (Å²) in [6.07, 6.45) is 0. The summed E-state index contributed by atoms with van der Waals surface area (Å²) in [5, 5.41) is 10.5. The van der Waals surface area contributed by atoms with Gasteiger partial charge in [0, 0.05) is 11.8 Å². The highest BCUT2D eigenvalue weighted by atomic mass is 19.1. The van der Waals surface area contributed by atoms with Gasteiger partial charge in [0.05, 0.1) is 12.8 Å². The maximum absolute atomic E-state index is 13.9. The van der Waals surface area contributed by atoms with Gasteiger partial charge in [0.25, 0.3) is 5.91 Å². The van der Waals surface area contributed by atoms with Gasteiger partial charge in [0.1, 0.15) is 17.3 Å². The summed E-state index contributed by atoms with van der Waals surface area (Å²) in [4.78, 5) is 12.4. The second-order valence-corrected chi connectivity index (χ2v) is 5.07. The van der Waals surface area contributed by atoms with Crippen LogP contribution in [0.2, 0.25) is 0 Å². The molecular formula is C17H15FN4O2. The largest absolute Gasteiger partial charge is 0.497 e. The first-order chi connectivity index (χ1) is 11.6. The summed E-state index contributed by atoms with van der Waals surface area (Å²) in [6, 6.07) is 13.1. The number of nitrogens with zero attached hydrogens (tertiary/aromatic N) is 3. The standard InChI is InChI=1S/C17H15FN4O2/c1-11-16(17(23)19-12-6-5-7-13(10-12)24-2)20-21-22(11)15-9-4-3-8-14(15)18/h3-10H,1-2H3,(H,19,23). The molecule has 1 heterocycles. The fourth-order valence-electron chi connectivity index (χ4n) is 2.28. The van der Waals surface area contributed by atoms with E-state index in [2.05, 4.69) is 15.6 Å². The summed E-state index contributed by atoms with van der Waals surface area (Å²) in [5.74, 6) is -0.242. The molecule has 0 radical (unpaired) electrons. The molecule has 7 heteroatoms. The van der Waals surface area contributed by atoms with Gasteiger partial charge in [-0.1, -0.05) is 23.4 Å². The van der Waals surface area contributed by atoms with Gasteiger partial charge in [0.15, 0.2) is 5.69 Å². The highest BCUT2D eigenvalue weighted by molar-refractivity contribution is 6.03. The Labute approximate surface area is 137 Å². The number of anilines is 1. The third-order valence-electron chi connectivity index (χ3n) is 3.52. The summed E-state index contributed by atoms with van der Waals surface area (Å²) in [5.41, 5.74) is 1.38. The van der Waals surface area contributed by atoms with Crippen molar-refractivity contribution in [1.82, 2.24) is 15.0 Å². The molecule has 2 aromatic carbocycles. The highest BCUT2D eigenvalue weighted by Crippen LogP contribution is 2.19. The number of benzene rings is 2. The van der Waals surface area contributed by atoms with E-state index in [1.165, 1.54) is 10.7 Å². The molecule has 0 aliphatic carbocycles. The number of hydrogen-bond acceptors (Lipinski definition) is 4. The van der Waals surface area contributed by atoms with Gasteiger partial charge in [0.2, 0.25) is 0 Å². The molecule has 1 N–H and O–H groups in total. The number of para-hydroxylation sites is 1. The van der Waals surface area contributed by atoms with Crippen molar-refractivity contribution in [2.45, 2.75) is 6.92 Å². The maximum atomic E-state index is 13.9. The first-order valence-electron chi connectivity index (χ1n) is 7.23. The highest BCUT2D eigenvalue weighted by Gasteiger charge is 2.19. The van der Waals surface area contributed by atoms with Crippen LogP contribution in [0.1, 0.15) is 16.2 Å². The summed E-state index contributed by atoms with van der Waals surface area (Å²) in [6.45, 7) is 1.66. The minimum absolute atomic E-state index is 0.126. The van der Waals surface area contributed by atoms with Crippen molar-refractivity contribution < 1.29 is 13.9 Å². The van der Waals surface area contributed by atoms with E-state index < -0.39 is 11.7 Å². The van der Waals surface area contributed by atoms with E-state index in [0.29, 0.717) is 17.1 Å². The van der Waals surface area contributed by atoms with Crippen LogP contribution in [-0.4, -0.2) is 28.0 Å². The normalized spacial score (nSPS) is 10.5. The van der Waals surface area contributed by atoms with Crippen LogP contribution < -0.4 is 10.1 Å². The van der Waals surface area contributed by atoms with Crippen LogP contribution in [0, 0.1) is 12.7 Å². The molecule has 0 bridgehead atoms. The van der Waals surface area contributed by atoms with Crippen molar-refractivity contribution in [1.29, 1.82) is 0 Å².